The molecular weight excluding hydrogens is 292 g/mol. The highest BCUT2D eigenvalue weighted by molar-refractivity contribution is 6.68. The molecule has 0 atom stereocenters. The molecule has 113 valence electrons. The summed E-state index contributed by atoms with van der Waals surface area (Å²) >= 11 is 0. The van der Waals surface area contributed by atoms with Crippen LogP contribution in [0, 0.1) is 11.6 Å². The minimum atomic E-state index is -1.43. The molecule has 0 heterocycles. The zero-order valence-corrected chi connectivity index (χ0v) is 11.5. The average Bonchev–Trinajstić information content (AvgIpc) is 2.52. The molecule has 0 amide bonds. The molecule has 0 saturated carbocycles. The molecule has 2 aromatic carbocycles. The third kappa shape index (κ3) is 3.92. The summed E-state index contributed by atoms with van der Waals surface area (Å²) in [4.78, 5) is 0. The van der Waals surface area contributed by atoms with Gasteiger partial charge in [0.05, 0.1) is 13.2 Å². The van der Waals surface area contributed by atoms with Gasteiger partial charge in [0.1, 0.15) is 11.6 Å². The number of aliphatic hydroxyl groups is 2. The molecule has 0 bridgehead atoms. The molecule has 0 aliphatic rings. The predicted octanol–water partition coefficient (Wildman–Crippen LogP) is -0.402. The van der Waals surface area contributed by atoms with E-state index in [2.05, 4.69) is 0 Å². The van der Waals surface area contributed by atoms with Gasteiger partial charge < -0.3 is 19.8 Å². The summed E-state index contributed by atoms with van der Waals surface area (Å²) in [6.07, 6.45) is 0. The van der Waals surface area contributed by atoms with Crippen LogP contribution in [0.25, 0.3) is 0 Å². The fourth-order valence-corrected chi connectivity index (χ4v) is 1.99. The third-order valence-corrected chi connectivity index (χ3v) is 3.14. The van der Waals surface area contributed by atoms with Gasteiger partial charge in [-0.1, -0.05) is 12.1 Å². The summed E-state index contributed by atoms with van der Waals surface area (Å²) in [6.45, 7) is -0.840. The maximum Gasteiger partial charge on any atom is 0.476 e. The van der Waals surface area contributed by atoms with Crippen molar-refractivity contribution in [1.29, 1.82) is 0 Å². The van der Waals surface area contributed by atoms with Crippen LogP contribution in [-0.4, -0.2) is 29.8 Å². The van der Waals surface area contributed by atoms with Crippen molar-refractivity contribution in [3.05, 3.63) is 59.2 Å². The standard InChI is InChI=1S/C14H13B2F2O4/c17-11-1-3-13(9(5-11)7-19)15-22-16(21)14-4-2-12(18)6-10(14)8-20/h1-6,19-21H,7-8H2. The summed E-state index contributed by atoms with van der Waals surface area (Å²) in [5.74, 6) is -1.03. The van der Waals surface area contributed by atoms with E-state index in [-0.39, 0.29) is 17.6 Å². The Morgan fingerprint density at radius 3 is 2.18 bits per heavy atom. The number of hydrogen-bond donors (Lipinski definition) is 3. The van der Waals surface area contributed by atoms with Crippen LogP contribution in [0.3, 0.4) is 0 Å². The first-order chi connectivity index (χ1) is 10.5. The van der Waals surface area contributed by atoms with Crippen LogP contribution in [-0.2, 0) is 17.8 Å². The quantitative estimate of drug-likeness (QED) is 0.635. The smallest absolute Gasteiger partial charge is 0.471 e. The second-order valence-electron chi connectivity index (χ2n) is 4.61. The molecule has 0 aliphatic carbocycles. The Kier molecular flexibility index (Phi) is 5.68. The van der Waals surface area contributed by atoms with Crippen molar-refractivity contribution in [2.75, 3.05) is 0 Å². The average molecular weight is 305 g/mol. The van der Waals surface area contributed by atoms with E-state index in [0.717, 1.165) is 18.2 Å². The summed E-state index contributed by atoms with van der Waals surface area (Å²) in [5.41, 5.74) is 1.11. The van der Waals surface area contributed by atoms with Gasteiger partial charge in [-0.25, -0.2) is 8.78 Å². The Balaban J connectivity index is 2.12. The number of benzene rings is 2. The molecule has 0 saturated heterocycles. The number of halogens is 2. The van der Waals surface area contributed by atoms with E-state index < -0.39 is 25.4 Å². The third-order valence-electron chi connectivity index (χ3n) is 3.14. The first kappa shape index (κ1) is 16.6. The fourth-order valence-electron chi connectivity index (χ4n) is 1.99. The summed E-state index contributed by atoms with van der Waals surface area (Å²) in [5, 5.41) is 28.3. The van der Waals surface area contributed by atoms with E-state index in [4.69, 9.17) is 9.68 Å². The molecule has 2 aromatic rings. The SMILES string of the molecule is OCc1cc(F)ccc1[B]OB(O)c1ccc(F)cc1CO. The van der Waals surface area contributed by atoms with Gasteiger partial charge >= 0.3 is 14.6 Å². The normalized spacial score (nSPS) is 10.6. The van der Waals surface area contributed by atoms with E-state index in [1.54, 1.807) is 0 Å². The van der Waals surface area contributed by atoms with Crippen LogP contribution in [0.2, 0.25) is 0 Å². The maximum absolute atomic E-state index is 13.1. The van der Waals surface area contributed by atoms with Crippen molar-refractivity contribution >= 4 is 25.5 Å². The van der Waals surface area contributed by atoms with Crippen LogP contribution >= 0.6 is 0 Å². The molecular formula is C14H13B2F2O4. The number of aliphatic hydroxyl groups excluding tert-OH is 2. The van der Waals surface area contributed by atoms with Gasteiger partial charge in [0.25, 0.3) is 0 Å². The molecule has 8 heteroatoms. The minimum Gasteiger partial charge on any atom is -0.471 e. The van der Waals surface area contributed by atoms with Gasteiger partial charge in [-0.3, -0.25) is 0 Å². The Bertz CT molecular complexity index is 655. The van der Waals surface area contributed by atoms with Crippen molar-refractivity contribution < 1.29 is 28.6 Å². The largest absolute Gasteiger partial charge is 0.476 e. The molecule has 0 unspecified atom stereocenters. The van der Waals surface area contributed by atoms with Crippen molar-refractivity contribution in [1.82, 2.24) is 0 Å². The Morgan fingerprint density at radius 2 is 1.55 bits per heavy atom. The molecule has 0 aromatic heterocycles. The van der Waals surface area contributed by atoms with E-state index in [1.807, 2.05) is 0 Å². The lowest BCUT2D eigenvalue weighted by Gasteiger charge is -2.13. The molecule has 0 aliphatic heterocycles. The Labute approximate surface area is 127 Å². The van der Waals surface area contributed by atoms with Gasteiger partial charge in [0.2, 0.25) is 0 Å². The highest BCUT2D eigenvalue weighted by atomic mass is 19.1. The van der Waals surface area contributed by atoms with Gasteiger partial charge in [-0.05, 0) is 46.3 Å². The highest BCUT2D eigenvalue weighted by Crippen LogP contribution is 2.04. The van der Waals surface area contributed by atoms with Crippen molar-refractivity contribution in [3.63, 3.8) is 0 Å². The zero-order valence-electron chi connectivity index (χ0n) is 11.5. The molecule has 2 rings (SSSR count). The molecule has 22 heavy (non-hydrogen) atoms. The molecule has 3 N–H and O–H groups in total. The van der Waals surface area contributed by atoms with E-state index >= 15 is 0 Å². The first-order valence-corrected chi connectivity index (χ1v) is 6.50. The van der Waals surface area contributed by atoms with Gasteiger partial charge in [-0.2, -0.15) is 0 Å². The van der Waals surface area contributed by atoms with Crippen molar-refractivity contribution in [2.24, 2.45) is 0 Å². The van der Waals surface area contributed by atoms with Crippen molar-refractivity contribution in [3.8, 4) is 0 Å². The lowest BCUT2D eigenvalue weighted by molar-refractivity contribution is 0.281. The molecule has 1 radical (unpaired) electrons. The van der Waals surface area contributed by atoms with E-state index in [9.17, 15) is 18.9 Å². The number of hydrogen-bond acceptors (Lipinski definition) is 4. The maximum atomic E-state index is 13.1. The molecule has 0 spiro atoms. The molecule has 0 fully saturated rings. The van der Waals surface area contributed by atoms with Crippen molar-refractivity contribution in [2.45, 2.75) is 13.2 Å². The minimum absolute atomic E-state index is 0.197. The topological polar surface area (TPSA) is 69.9 Å². The summed E-state index contributed by atoms with van der Waals surface area (Å²) < 4.78 is 31.3. The molecule has 4 nitrogen and oxygen atoms in total. The van der Waals surface area contributed by atoms with Gasteiger partial charge in [0.15, 0.2) is 0 Å². The predicted molar refractivity (Wildman–Crippen MR) is 78.7 cm³/mol. The van der Waals surface area contributed by atoms with E-state index in [0.29, 0.717) is 11.0 Å². The summed E-state index contributed by atoms with van der Waals surface area (Å²) in [6, 6.07) is 7.27. The lowest BCUT2D eigenvalue weighted by atomic mass is 9.72. The zero-order chi connectivity index (χ0) is 16.1. The Morgan fingerprint density at radius 1 is 0.955 bits per heavy atom. The first-order valence-electron chi connectivity index (χ1n) is 6.50. The van der Waals surface area contributed by atoms with Crippen LogP contribution in [0.5, 0.6) is 0 Å². The second kappa shape index (κ2) is 7.51. The van der Waals surface area contributed by atoms with E-state index in [1.165, 1.54) is 25.7 Å². The van der Waals surface area contributed by atoms with Gasteiger partial charge in [0, 0.05) is 0 Å². The fraction of sp³-hybridized carbons (Fsp3) is 0.143. The highest BCUT2D eigenvalue weighted by Gasteiger charge is 2.21. The number of rotatable bonds is 6. The van der Waals surface area contributed by atoms with Crippen LogP contribution in [0.4, 0.5) is 8.78 Å². The van der Waals surface area contributed by atoms with Crippen LogP contribution in [0.1, 0.15) is 11.1 Å². The van der Waals surface area contributed by atoms with Crippen LogP contribution in [0.15, 0.2) is 36.4 Å². The monoisotopic (exact) mass is 305 g/mol. The summed E-state index contributed by atoms with van der Waals surface area (Å²) in [7, 11) is -0.264. The second-order valence-corrected chi connectivity index (χ2v) is 4.61. The van der Waals surface area contributed by atoms with Crippen LogP contribution < -0.4 is 10.9 Å². The van der Waals surface area contributed by atoms with Gasteiger partial charge in [-0.15, -0.1) is 0 Å². The Hall–Kier alpha value is -1.73. The lowest BCUT2D eigenvalue weighted by Crippen LogP contribution is -2.40.